The number of methoxy groups -OCH3 is 1. The van der Waals surface area contributed by atoms with Gasteiger partial charge in [0, 0.05) is 6.42 Å². The SMILES string of the molecule is COc1ccc([C@H]2CC(c3ccc4ccccc4c3)=NN2C(=O)CN2CCCCCCC2)cc1. The first-order valence-electron chi connectivity index (χ1n) is 12.5. The number of rotatable bonds is 5. The van der Waals surface area contributed by atoms with Crippen molar-refractivity contribution >= 4 is 22.4 Å². The lowest BCUT2D eigenvalue weighted by Crippen LogP contribution is -2.39. The Morgan fingerprint density at radius 1 is 0.912 bits per heavy atom. The van der Waals surface area contributed by atoms with Crippen molar-refractivity contribution in [1.29, 1.82) is 0 Å². The molecule has 3 aromatic carbocycles. The molecule has 2 aliphatic rings. The minimum absolute atomic E-state index is 0.0807. The first kappa shape index (κ1) is 22.6. The molecule has 0 saturated carbocycles. The fourth-order valence-electron chi connectivity index (χ4n) is 5.10. The third-order valence-corrected chi connectivity index (χ3v) is 7.06. The molecule has 1 saturated heterocycles. The van der Waals surface area contributed by atoms with Gasteiger partial charge in [-0.1, -0.05) is 67.8 Å². The summed E-state index contributed by atoms with van der Waals surface area (Å²) in [5, 5.41) is 9.06. The highest BCUT2D eigenvalue weighted by atomic mass is 16.5. The molecule has 1 amide bonds. The molecular weight excluding hydrogens is 422 g/mol. The summed E-state index contributed by atoms with van der Waals surface area (Å²) in [4.78, 5) is 15.9. The second-order valence-corrected chi connectivity index (χ2v) is 9.38. The monoisotopic (exact) mass is 455 g/mol. The Balaban J connectivity index is 1.42. The van der Waals surface area contributed by atoms with E-state index in [1.807, 2.05) is 12.1 Å². The molecule has 5 nitrogen and oxygen atoms in total. The van der Waals surface area contributed by atoms with Crippen LogP contribution in [-0.4, -0.2) is 48.3 Å². The molecule has 0 spiro atoms. The number of likely N-dealkylation sites (tertiary alicyclic amines) is 1. The van der Waals surface area contributed by atoms with Crippen LogP contribution in [0.2, 0.25) is 0 Å². The summed E-state index contributed by atoms with van der Waals surface area (Å²) in [6.45, 7) is 2.42. The van der Waals surface area contributed by atoms with Crippen LogP contribution in [0, 0.1) is 0 Å². The molecule has 34 heavy (non-hydrogen) atoms. The normalized spacial score (nSPS) is 19.5. The van der Waals surface area contributed by atoms with Gasteiger partial charge in [-0.2, -0.15) is 5.10 Å². The average Bonchev–Trinajstić information content (AvgIpc) is 3.31. The summed E-state index contributed by atoms with van der Waals surface area (Å²) in [7, 11) is 1.67. The molecule has 1 atom stereocenters. The van der Waals surface area contributed by atoms with E-state index in [0.29, 0.717) is 13.0 Å². The fourth-order valence-corrected chi connectivity index (χ4v) is 5.10. The van der Waals surface area contributed by atoms with Gasteiger partial charge in [-0.3, -0.25) is 9.69 Å². The van der Waals surface area contributed by atoms with Gasteiger partial charge in [-0.15, -0.1) is 0 Å². The van der Waals surface area contributed by atoms with Crippen LogP contribution in [0.25, 0.3) is 10.8 Å². The molecule has 1 fully saturated rings. The van der Waals surface area contributed by atoms with Crippen molar-refractivity contribution in [3.8, 4) is 5.75 Å². The van der Waals surface area contributed by atoms with Crippen molar-refractivity contribution in [3.05, 3.63) is 77.9 Å². The molecule has 0 radical (unpaired) electrons. The van der Waals surface area contributed by atoms with Crippen molar-refractivity contribution in [2.75, 3.05) is 26.7 Å². The van der Waals surface area contributed by atoms with E-state index < -0.39 is 0 Å². The molecule has 0 N–H and O–H groups in total. The zero-order chi connectivity index (χ0) is 23.3. The number of carbonyl (C=O) groups is 1. The van der Waals surface area contributed by atoms with Gasteiger partial charge in [0.2, 0.25) is 0 Å². The van der Waals surface area contributed by atoms with Crippen LogP contribution in [0.1, 0.15) is 55.7 Å². The average molecular weight is 456 g/mol. The molecule has 5 heteroatoms. The van der Waals surface area contributed by atoms with Gasteiger partial charge in [0.25, 0.3) is 5.91 Å². The molecule has 3 aromatic rings. The summed E-state index contributed by atoms with van der Waals surface area (Å²) in [6, 6.07) is 22.7. The maximum Gasteiger partial charge on any atom is 0.257 e. The van der Waals surface area contributed by atoms with Gasteiger partial charge in [0.05, 0.1) is 25.4 Å². The number of amides is 1. The van der Waals surface area contributed by atoms with E-state index in [-0.39, 0.29) is 11.9 Å². The molecule has 0 bridgehead atoms. The fraction of sp³-hybridized carbons (Fsp3) is 0.379. The number of carbonyl (C=O) groups excluding carboxylic acids is 1. The zero-order valence-corrected chi connectivity index (χ0v) is 20.0. The summed E-state index contributed by atoms with van der Waals surface area (Å²) in [5.74, 6) is 0.896. The number of hydrazone groups is 1. The molecule has 0 aliphatic carbocycles. The van der Waals surface area contributed by atoms with E-state index in [9.17, 15) is 4.79 Å². The minimum atomic E-state index is -0.102. The van der Waals surface area contributed by atoms with E-state index in [4.69, 9.17) is 9.84 Å². The Kier molecular flexibility index (Phi) is 6.91. The first-order valence-corrected chi connectivity index (χ1v) is 12.5. The topological polar surface area (TPSA) is 45.1 Å². The van der Waals surface area contributed by atoms with E-state index in [2.05, 4.69) is 59.5 Å². The number of ether oxygens (including phenoxy) is 1. The Hall–Kier alpha value is -3.18. The standard InChI is InChI=1S/C29H33N3O2/c1-34-26-15-13-23(14-16-26)28-20-27(25-12-11-22-9-5-6-10-24(22)19-25)30-32(28)29(33)21-31-17-7-3-2-4-8-18-31/h5-6,9-16,19,28H,2-4,7-8,17-18,20-21H2,1H3/t28-/m1/s1. The number of benzene rings is 3. The molecule has 2 heterocycles. The quantitative estimate of drug-likeness (QED) is 0.489. The summed E-state index contributed by atoms with van der Waals surface area (Å²) in [5.41, 5.74) is 3.13. The molecule has 176 valence electrons. The van der Waals surface area contributed by atoms with Crippen LogP contribution >= 0.6 is 0 Å². The third-order valence-electron chi connectivity index (χ3n) is 7.06. The second-order valence-electron chi connectivity index (χ2n) is 9.38. The van der Waals surface area contributed by atoms with Gasteiger partial charge >= 0.3 is 0 Å². The van der Waals surface area contributed by atoms with Crippen LogP contribution in [0.4, 0.5) is 0 Å². The number of nitrogens with zero attached hydrogens (tertiary/aromatic N) is 3. The van der Waals surface area contributed by atoms with Gasteiger partial charge in [0.1, 0.15) is 5.75 Å². The van der Waals surface area contributed by atoms with Gasteiger partial charge in [-0.05, 0) is 66.0 Å². The van der Waals surface area contributed by atoms with Crippen LogP contribution in [-0.2, 0) is 4.79 Å². The van der Waals surface area contributed by atoms with E-state index >= 15 is 0 Å². The van der Waals surface area contributed by atoms with E-state index in [1.54, 1.807) is 12.1 Å². The van der Waals surface area contributed by atoms with Crippen LogP contribution < -0.4 is 4.74 Å². The third kappa shape index (κ3) is 5.00. The van der Waals surface area contributed by atoms with Crippen molar-refractivity contribution in [2.24, 2.45) is 5.10 Å². The first-order chi connectivity index (χ1) is 16.7. The Labute approximate surface area is 202 Å². The number of hydrogen-bond acceptors (Lipinski definition) is 4. The van der Waals surface area contributed by atoms with Crippen molar-refractivity contribution in [2.45, 2.75) is 44.6 Å². The predicted molar refractivity (Wildman–Crippen MR) is 137 cm³/mol. The second kappa shape index (κ2) is 10.4. The van der Waals surface area contributed by atoms with Crippen LogP contribution in [0.3, 0.4) is 0 Å². The molecule has 0 unspecified atom stereocenters. The van der Waals surface area contributed by atoms with Gasteiger partial charge in [-0.25, -0.2) is 5.01 Å². The van der Waals surface area contributed by atoms with Crippen molar-refractivity contribution in [1.82, 2.24) is 9.91 Å². The lowest BCUT2D eigenvalue weighted by Gasteiger charge is -2.28. The van der Waals surface area contributed by atoms with E-state index in [0.717, 1.165) is 35.7 Å². The van der Waals surface area contributed by atoms with Gasteiger partial charge in [0.15, 0.2) is 0 Å². The zero-order valence-electron chi connectivity index (χ0n) is 20.0. The lowest BCUT2D eigenvalue weighted by molar-refractivity contribution is -0.134. The van der Waals surface area contributed by atoms with Crippen molar-refractivity contribution < 1.29 is 9.53 Å². The predicted octanol–water partition coefficient (Wildman–Crippen LogP) is 5.79. The largest absolute Gasteiger partial charge is 0.497 e. The summed E-state index contributed by atoms with van der Waals surface area (Å²) < 4.78 is 5.34. The summed E-state index contributed by atoms with van der Waals surface area (Å²) in [6.07, 6.45) is 6.87. The smallest absolute Gasteiger partial charge is 0.257 e. The molecular formula is C29H33N3O2. The highest BCUT2D eigenvalue weighted by molar-refractivity contribution is 6.05. The maximum atomic E-state index is 13.6. The van der Waals surface area contributed by atoms with Crippen LogP contribution in [0.15, 0.2) is 71.8 Å². The van der Waals surface area contributed by atoms with Gasteiger partial charge < -0.3 is 4.74 Å². The molecule has 0 aromatic heterocycles. The summed E-state index contributed by atoms with van der Waals surface area (Å²) >= 11 is 0. The highest BCUT2D eigenvalue weighted by Gasteiger charge is 2.33. The van der Waals surface area contributed by atoms with E-state index in [1.165, 1.54) is 42.9 Å². The molecule has 5 rings (SSSR count). The lowest BCUT2D eigenvalue weighted by atomic mass is 9.97. The Morgan fingerprint density at radius 2 is 1.62 bits per heavy atom. The van der Waals surface area contributed by atoms with Crippen molar-refractivity contribution in [3.63, 3.8) is 0 Å². The Bertz CT molecular complexity index is 1160. The Morgan fingerprint density at radius 3 is 2.35 bits per heavy atom. The number of fused-ring (bicyclic) bond motifs is 1. The minimum Gasteiger partial charge on any atom is -0.497 e. The highest BCUT2D eigenvalue weighted by Crippen LogP contribution is 2.34. The number of hydrogen-bond donors (Lipinski definition) is 0. The molecule has 2 aliphatic heterocycles. The maximum absolute atomic E-state index is 13.6. The van der Waals surface area contributed by atoms with Crippen LogP contribution in [0.5, 0.6) is 5.75 Å².